The molecule has 0 aromatic heterocycles. The number of hydrogen-bond donors (Lipinski definition) is 1. The molecular formula is C16H20F3NO3. The summed E-state index contributed by atoms with van der Waals surface area (Å²) in [7, 11) is 0. The van der Waals surface area contributed by atoms with E-state index in [0.29, 0.717) is 12.8 Å². The third-order valence-electron chi connectivity index (χ3n) is 3.71. The second-order valence-electron chi connectivity index (χ2n) is 6.62. The van der Waals surface area contributed by atoms with Crippen LogP contribution in [0.5, 0.6) is 0 Å². The molecule has 1 amide bonds. The first-order valence-corrected chi connectivity index (χ1v) is 7.40. The molecule has 0 saturated carbocycles. The summed E-state index contributed by atoms with van der Waals surface area (Å²) in [6.07, 6.45) is 0.180. The molecule has 23 heavy (non-hydrogen) atoms. The van der Waals surface area contributed by atoms with Gasteiger partial charge in [-0.15, -0.1) is 0 Å². The van der Waals surface area contributed by atoms with E-state index < -0.39 is 41.2 Å². The van der Waals surface area contributed by atoms with Crippen LogP contribution in [0.4, 0.5) is 18.0 Å². The molecule has 1 aliphatic heterocycles. The van der Waals surface area contributed by atoms with E-state index in [1.165, 1.54) is 4.90 Å². The molecule has 7 heteroatoms. The first-order chi connectivity index (χ1) is 10.6. The van der Waals surface area contributed by atoms with Crippen LogP contribution in [0.1, 0.15) is 45.2 Å². The second kappa shape index (κ2) is 6.39. The highest BCUT2D eigenvalue weighted by Crippen LogP contribution is 2.38. The number of carbonyl (C=O) groups excluding carboxylic acids is 1. The number of aliphatic hydroxyl groups excluding tert-OH is 1. The Morgan fingerprint density at radius 1 is 1.26 bits per heavy atom. The maximum absolute atomic E-state index is 13.5. The minimum atomic E-state index is -1.55. The van der Waals surface area contributed by atoms with Gasteiger partial charge in [-0.2, -0.15) is 0 Å². The molecule has 128 valence electrons. The number of ether oxygens (including phenoxy) is 1. The van der Waals surface area contributed by atoms with Gasteiger partial charge in [0, 0.05) is 0 Å². The second-order valence-corrected chi connectivity index (χ2v) is 6.62. The van der Waals surface area contributed by atoms with Gasteiger partial charge in [0.25, 0.3) is 0 Å². The van der Waals surface area contributed by atoms with E-state index in [4.69, 9.17) is 4.74 Å². The lowest BCUT2D eigenvalue weighted by atomic mass is 10.0. The van der Waals surface area contributed by atoms with Crippen molar-refractivity contribution >= 4 is 6.09 Å². The van der Waals surface area contributed by atoms with Crippen molar-refractivity contribution in [2.45, 2.75) is 51.3 Å². The molecule has 2 rings (SSSR count). The smallest absolute Gasteiger partial charge is 0.411 e. The number of benzene rings is 1. The number of rotatable bonds is 2. The molecule has 1 N–H and O–H groups in total. The van der Waals surface area contributed by atoms with Crippen molar-refractivity contribution in [3.63, 3.8) is 0 Å². The van der Waals surface area contributed by atoms with E-state index in [2.05, 4.69) is 0 Å². The molecule has 0 spiro atoms. The van der Waals surface area contributed by atoms with Gasteiger partial charge in [-0.1, -0.05) is 0 Å². The number of carbonyl (C=O) groups is 1. The predicted octanol–water partition coefficient (Wildman–Crippen LogP) is 3.54. The molecule has 0 radical (unpaired) electrons. The van der Waals surface area contributed by atoms with E-state index in [9.17, 15) is 23.1 Å². The molecule has 1 aromatic carbocycles. The minimum Gasteiger partial charge on any atom is -0.444 e. The van der Waals surface area contributed by atoms with Gasteiger partial charge in [0.2, 0.25) is 0 Å². The molecule has 1 saturated heterocycles. The lowest BCUT2D eigenvalue weighted by Gasteiger charge is -2.32. The predicted molar refractivity (Wildman–Crippen MR) is 77.2 cm³/mol. The first kappa shape index (κ1) is 17.6. The molecule has 2 atom stereocenters. The number of amides is 1. The normalized spacial score (nSPS) is 21.6. The molecule has 0 unspecified atom stereocenters. The van der Waals surface area contributed by atoms with E-state index in [0.717, 1.165) is 12.1 Å². The van der Waals surface area contributed by atoms with Crippen molar-refractivity contribution in [2.24, 2.45) is 0 Å². The zero-order valence-corrected chi connectivity index (χ0v) is 13.3. The number of hydrogen-bond acceptors (Lipinski definition) is 3. The van der Waals surface area contributed by atoms with Crippen molar-refractivity contribution in [3.05, 3.63) is 35.1 Å². The Bertz CT molecular complexity index is 578. The van der Waals surface area contributed by atoms with Crippen LogP contribution in [0.3, 0.4) is 0 Å². The number of nitrogens with zero attached hydrogens (tertiary/aromatic N) is 1. The summed E-state index contributed by atoms with van der Waals surface area (Å²) in [5, 5.41) is 9.44. The Labute approximate surface area is 132 Å². The van der Waals surface area contributed by atoms with Crippen LogP contribution >= 0.6 is 0 Å². The molecular weight excluding hydrogens is 311 g/mol. The zero-order valence-electron chi connectivity index (χ0n) is 13.3. The minimum absolute atomic E-state index is 0.142. The van der Waals surface area contributed by atoms with E-state index in [-0.39, 0.29) is 12.2 Å². The average Bonchev–Trinajstić information content (AvgIpc) is 2.86. The molecule has 0 aliphatic carbocycles. The van der Waals surface area contributed by atoms with E-state index >= 15 is 0 Å². The van der Waals surface area contributed by atoms with E-state index in [1.807, 2.05) is 0 Å². The number of halogens is 3. The lowest BCUT2D eigenvalue weighted by Crippen LogP contribution is -2.42. The van der Waals surface area contributed by atoms with Gasteiger partial charge in [0.1, 0.15) is 5.60 Å². The summed E-state index contributed by atoms with van der Waals surface area (Å²) < 4.78 is 45.4. The van der Waals surface area contributed by atoms with Crippen LogP contribution in [-0.2, 0) is 4.74 Å². The Morgan fingerprint density at radius 3 is 2.30 bits per heavy atom. The van der Waals surface area contributed by atoms with Gasteiger partial charge >= 0.3 is 6.09 Å². The van der Waals surface area contributed by atoms with Gasteiger partial charge in [-0.25, -0.2) is 18.0 Å². The highest BCUT2D eigenvalue weighted by Gasteiger charge is 2.40. The standard InChI is InChI=1S/C16H20F3NO3/c1-16(2,3)23-15(22)20-10(8-21)4-5-13(20)9-6-11(17)14(19)12(18)7-9/h6-7,10,13,21H,4-5,8H2,1-3H3/t10-,13+/m0/s1. The maximum Gasteiger partial charge on any atom is 0.411 e. The van der Waals surface area contributed by atoms with Gasteiger partial charge < -0.3 is 9.84 Å². The van der Waals surface area contributed by atoms with Gasteiger partial charge in [-0.05, 0) is 51.3 Å². The molecule has 4 nitrogen and oxygen atoms in total. The molecule has 1 aromatic rings. The first-order valence-electron chi connectivity index (χ1n) is 7.40. The molecule has 1 aliphatic rings. The van der Waals surface area contributed by atoms with Crippen LogP contribution in [0, 0.1) is 17.5 Å². The molecule has 1 fully saturated rings. The largest absolute Gasteiger partial charge is 0.444 e. The van der Waals surface area contributed by atoms with Gasteiger partial charge in [0.05, 0.1) is 18.7 Å². The van der Waals surface area contributed by atoms with Crippen LogP contribution < -0.4 is 0 Å². The van der Waals surface area contributed by atoms with Crippen LogP contribution in [0.25, 0.3) is 0 Å². The van der Waals surface area contributed by atoms with Crippen molar-refractivity contribution in [2.75, 3.05) is 6.61 Å². The quantitative estimate of drug-likeness (QED) is 0.844. The summed E-state index contributed by atoms with van der Waals surface area (Å²) >= 11 is 0. The lowest BCUT2D eigenvalue weighted by molar-refractivity contribution is 0.00861. The Kier molecular flexibility index (Phi) is 4.89. The summed E-state index contributed by atoms with van der Waals surface area (Å²) in [5.41, 5.74) is -0.605. The van der Waals surface area contributed by atoms with Crippen molar-refractivity contribution in [3.8, 4) is 0 Å². The maximum atomic E-state index is 13.5. The third-order valence-corrected chi connectivity index (χ3v) is 3.71. The van der Waals surface area contributed by atoms with Gasteiger partial charge in [-0.3, -0.25) is 4.90 Å². The fourth-order valence-electron chi connectivity index (χ4n) is 2.75. The molecule has 1 heterocycles. The van der Waals surface area contributed by atoms with Crippen molar-refractivity contribution < 1.29 is 27.8 Å². The third kappa shape index (κ3) is 3.77. The summed E-state index contributed by atoms with van der Waals surface area (Å²) in [6, 6.07) is 0.568. The Morgan fingerprint density at radius 2 is 1.83 bits per heavy atom. The number of likely N-dealkylation sites (tertiary alicyclic amines) is 1. The fourth-order valence-corrected chi connectivity index (χ4v) is 2.75. The highest BCUT2D eigenvalue weighted by atomic mass is 19.2. The van der Waals surface area contributed by atoms with Crippen LogP contribution in [0.2, 0.25) is 0 Å². The fraction of sp³-hybridized carbons (Fsp3) is 0.562. The SMILES string of the molecule is CC(C)(C)OC(=O)N1[C@H](CO)CC[C@@H]1c1cc(F)c(F)c(F)c1. The monoisotopic (exact) mass is 331 g/mol. The summed E-state index contributed by atoms with van der Waals surface area (Å²) in [5.74, 6) is -4.16. The molecule has 0 bridgehead atoms. The Balaban J connectivity index is 2.35. The van der Waals surface area contributed by atoms with Crippen LogP contribution in [0.15, 0.2) is 12.1 Å². The summed E-state index contributed by atoms with van der Waals surface area (Å²) in [6.45, 7) is 4.80. The highest BCUT2D eigenvalue weighted by molar-refractivity contribution is 5.70. The van der Waals surface area contributed by atoms with Crippen LogP contribution in [-0.4, -0.2) is 34.3 Å². The average molecular weight is 331 g/mol. The Hall–Kier alpha value is -1.76. The zero-order chi connectivity index (χ0) is 17.4. The van der Waals surface area contributed by atoms with E-state index in [1.54, 1.807) is 20.8 Å². The van der Waals surface area contributed by atoms with Crippen molar-refractivity contribution in [1.82, 2.24) is 4.90 Å². The summed E-state index contributed by atoms with van der Waals surface area (Å²) in [4.78, 5) is 13.7. The van der Waals surface area contributed by atoms with Crippen molar-refractivity contribution in [1.29, 1.82) is 0 Å². The van der Waals surface area contributed by atoms with Gasteiger partial charge in [0.15, 0.2) is 17.5 Å². The topological polar surface area (TPSA) is 49.8 Å². The number of aliphatic hydroxyl groups is 1.